The van der Waals surface area contributed by atoms with E-state index in [0.29, 0.717) is 6.54 Å². The van der Waals surface area contributed by atoms with Gasteiger partial charge in [0.15, 0.2) is 5.96 Å². The summed E-state index contributed by atoms with van der Waals surface area (Å²) >= 11 is 0. The van der Waals surface area contributed by atoms with Crippen LogP contribution < -0.4 is 10.2 Å². The van der Waals surface area contributed by atoms with E-state index in [1.54, 1.807) is 7.05 Å². The molecule has 3 rings (SSSR count). The van der Waals surface area contributed by atoms with Crippen molar-refractivity contribution in [1.29, 1.82) is 0 Å². The lowest BCUT2D eigenvalue weighted by molar-refractivity contribution is -0.130. The summed E-state index contributed by atoms with van der Waals surface area (Å²) in [5, 5.41) is 3.24. The average Bonchev–Trinajstić information content (AvgIpc) is 2.70. The average molecular weight is 472 g/mol. The van der Waals surface area contributed by atoms with Crippen molar-refractivity contribution < 1.29 is 4.79 Å². The second kappa shape index (κ2) is 10.5. The van der Waals surface area contributed by atoms with Gasteiger partial charge in [0.25, 0.3) is 0 Å². The number of guanidine groups is 1. The van der Waals surface area contributed by atoms with Crippen LogP contribution in [0.1, 0.15) is 19.3 Å². The van der Waals surface area contributed by atoms with Gasteiger partial charge in [-0.05, 0) is 31.4 Å². The molecule has 0 spiro atoms. The molecule has 26 heavy (non-hydrogen) atoms. The van der Waals surface area contributed by atoms with E-state index >= 15 is 0 Å². The second-order valence-electron chi connectivity index (χ2n) is 6.50. The lowest BCUT2D eigenvalue weighted by Gasteiger charge is -2.37. The van der Waals surface area contributed by atoms with Crippen molar-refractivity contribution in [2.24, 2.45) is 4.99 Å². The molecular weight excluding hydrogens is 443 g/mol. The molecule has 1 N–H and O–H groups in total. The Hall–Kier alpha value is -1.58. The maximum absolute atomic E-state index is 12.3. The molecule has 2 aliphatic rings. The van der Waals surface area contributed by atoms with E-state index in [0.717, 1.165) is 63.9 Å². The van der Waals surface area contributed by atoms with Crippen molar-refractivity contribution in [3.8, 4) is 0 Å². The Bertz CT molecular complexity index is 583. The number of nitrogens with one attached hydrogen (secondary N) is 1. The van der Waals surface area contributed by atoms with E-state index in [2.05, 4.69) is 25.1 Å². The molecule has 8 heteroatoms. The maximum Gasteiger partial charge on any atom is 0.241 e. The summed E-state index contributed by atoms with van der Waals surface area (Å²) in [7, 11) is 1.78. The minimum atomic E-state index is 0. The van der Waals surface area contributed by atoms with Gasteiger partial charge in [0, 0.05) is 52.5 Å². The van der Waals surface area contributed by atoms with Crippen LogP contribution in [0.15, 0.2) is 29.4 Å². The quantitative estimate of drug-likeness (QED) is 0.410. The number of piperazine rings is 1. The number of aromatic nitrogens is 1. The third-order valence-electron chi connectivity index (χ3n) is 4.87. The Morgan fingerprint density at radius 2 is 1.81 bits per heavy atom. The second-order valence-corrected chi connectivity index (χ2v) is 6.50. The number of carbonyl (C=O) groups is 1. The Kier molecular flexibility index (Phi) is 8.40. The van der Waals surface area contributed by atoms with Crippen LogP contribution in [0.4, 0.5) is 5.82 Å². The normalized spacial score (nSPS) is 18.3. The van der Waals surface area contributed by atoms with Gasteiger partial charge in [0.1, 0.15) is 5.82 Å². The summed E-state index contributed by atoms with van der Waals surface area (Å²) in [6.07, 6.45) is 5.31. The fourth-order valence-corrected chi connectivity index (χ4v) is 3.43. The molecule has 0 bridgehead atoms. The van der Waals surface area contributed by atoms with E-state index in [1.165, 1.54) is 6.42 Å². The number of anilines is 1. The summed E-state index contributed by atoms with van der Waals surface area (Å²) in [4.78, 5) is 27.5. The van der Waals surface area contributed by atoms with Crippen molar-refractivity contribution in [3.63, 3.8) is 0 Å². The molecule has 1 aromatic heterocycles. The zero-order chi connectivity index (χ0) is 17.5. The number of nitrogens with zero attached hydrogens (tertiary/aromatic N) is 5. The van der Waals surface area contributed by atoms with Gasteiger partial charge in [0.2, 0.25) is 5.91 Å². The third kappa shape index (κ3) is 5.46. The number of hydrogen-bond donors (Lipinski definition) is 1. The van der Waals surface area contributed by atoms with Crippen molar-refractivity contribution >= 4 is 41.7 Å². The van der Waals surface area contributed by atoms with Crippen molar-refractivity contribution in [2.45, 2.75) is 19.3 Å². The van der Waals surface area contributed by atoms with Crippen LogP contribution in [0.25, 0.3) is 0 Å². The number of halogens is 1. The summed E-state index contributed by atoms with van der Waals surface area (Å²) in [6, 6.07) is 5.99. The van der Waals surface area contributed by atoms with Gasteiger partial charge >= 0.3 is 0 Å². The van der Waals surface area contributed by atoms with Gasteiger partial charge in [-0.3, -0.25) is 9.79 Å². The van der Waals surface area contributed by atoms with E-state index in [4.69, 9.17) is 0 Å². The van der Waals surface area contributed by atoms with Crippen LogP contribution in [0.3, 0.4) is 0 Å². The number of hydrogen-bond acceptors (Lipinski definition) is 4. The monoisotopic (exact) mass is 472 g/mol. The van der Waals surface area contributed by atoms with Crippen LogP contribution in [-0.2, 0) is 4.79 Å². The molecule has 0 saturated carbocycles. The first-order valence-electron chi connectivity index (χ1n) is 9.17. The van der Waals surface area contributed by atoms with Crippen molar-refractivity contribution in [1.82, 2.24) is 20.1 Å². The molecule has 1 aromatic rings. The van der Waals surface area contributed by atoms with Crippen LogP contribution in [0.5, 0.6) is 0 Å². The highest BCUT2D eigenvalue weighted by Gasteiger charge is 2.22. The fourth-order valence-electron chi connectivity index (χ4n) is 3.43. The Morgan fingerprint density at radius 1 is 1.08 bits per heavy atom. The van der Waals surface area contributed by atoms with E-state index in [-0.39, 0.29) is 29.9 Å². The summed E-state index contributed by atoms with van der Waals surface area (Å²) in [5.41, 5.74) is 0. The molecule has 3 heterocycles. The Morgan fingerprint density at radius 3 is 2.42 bits per heavy atom. The number of pyridine rings is 1. The predicted octanol–water partition coefficient (Wildman–Crippen LogP) is 1.41. The Balaban J connectivity index is 0.00000243. The standard InChI is InChI=1S/C18H28N6O.HI/c1-19-18(21-15-17(25)23-9-5-2-6-10-23)24-13-11-22(12-14-24)16-7-3-4-8-20-16;/h3-4,7-8H,2,5-6,9-15H2,1H3,(H,19,21);1H. The maximum atomic E-state index is 12.3. The van der Waals surface area contributed by atoms with Crippen molar-refractivity contribution in [2.75, 3.05) is 57.8 Å². The van der Waals surface area contributed by atoms with E-state index < -0.39 is 0 Å². The van der Waals surface area contributed by atoms with Gasteiger partial charge in [-0.1, -0.05) is 6.07 Å². The van der Waals surface area contributed by atoms with Gasteiger partial charge in [-0.25, -0.2) is 4.98 Å². The molecule has 0 radical (unpaired) electrons. The molecule has 0 aliphatic carbocycles. The third-order valence-corrected chi connectivity index (χ3v) is 4.87. The minimum Gasteiger partial charge on any atom is -0.353 e. The molecule has 1 amide bonds. The highest BCUT2D eigenvalue weighted by Crippen LogP contribution is 2.12. The smallest absolute Gasteiger partial charge is 0.241 e. The highest BCUT2D eigenvalue weighted by atomic mass is 127. The van der Waals surface area contributed by atoms with Crippen LogP contribution >= 0.6 is 24.0 Å². The highest BCUT2D eigenvalue weighted by molar-refractivity contribution is 14.0. The Labute approximate surface area is 172 Å². The summed E-state index contributed by atoms with van der Waals surface area (Å²) in [6.45, 7) is 5.65. The van der Waals surface area contributed by atoms with E-state index in [9.17, 15) is 4.79 Å². The molecular formula is C18H29IN6O. The minimum absolute atomic E-state index is 0. The zero-order valence-electron chi connectivity index (χ0n) is 15.4. The first-order valence-corrected chi connectivity index (χ1v) is 9.17. The van der Waals surface area contributed by atoms with Gasteiger partial charge in [-0.15, -0.1) is 24.0 Å². The summed E-state index contributed by atoms with van der Waals surface area (Å²) < 4.78 is 0. The SMILES string of the molecule is CN=C(NCC(=O)N1CCCCC1)N1CCN(c2ccccn2)CC1.I. The van der Waals surface area contributed by atoms with Gasteiger partial charge in [-0.2, -0.15) is 0 Å². The lowest BCUT2D eigenvalue weighted by atomic mass is 10.1. The molecule has 2 fully saturated rings. The van der Waals surface area contributed by atoms with Crippen LogP contribution in [0.2, 0.25) is 0 Å². The number of rotatable bonds is 3. The van der Waals surface area contributed by atoms with Crippen LogP contribution in [-0.4, -0.2) is 79.5 Å². The number of aliphatic imine (C=N–C) groups is 1. The van der Waals surface area contributed by atoms with E-state index in [1.807, 2.05) is 29.3 Å². The predicted molar refractivity (Wildman–Crippen MR) is 115 cm³/mol. The lowest BCUT2D eigenvalue weighted by Crippen LogP contribution is -2.54. The van der Waals surface area contributed by atoms with Gasteiger partial charge in [0.05, 0.1) is 6.54 Å². The van der Waals surface area contributed by atoms with Crippen molar-refractivity contribution in [3.05, 3.63) is 24.4 Å². The number of piperidine rings is 1. The molecule has 7 nitrogen and oxygen atoms in total. The first kappa shape index (κ1) is 20.7. The van der Waals surface area contributed by atoms with Gasteiger partial charge < -0.3 is 20.0 Å². The number of carbonyl (C=O) groups excluding carboxylic acids is 1. The molecule has 2 aliphatic heterocycles. The molecule has 144 valence electrons. The number of amides is 1. The topological polar surface area (TPSA) is 64.1 Å². The number of likely N-dealkylation sites (tertiary alicyclic amines) is 1. The molecule has 0 aromatic carbocycles. The fraction of sp³-hybridized carbons (Fsp3) is 0.611. The largest absolute Gasteiger partial charge is 0.353 e. The first-order chi connectivity index (χ1) is 12.3. The van der Waals surface area contributed by atoms with Crippen LogP contribution in [0, 0.1) is 0 Å². The molecule has 2 saturated heterocycles. The molecule has 0 atom stereocenters. The zero-order valence-corrected chi connectivity index (χ0v) is 17.8. The molecule has 0 unspecified atom stereocenters. The summed E-state index contributed by atoms with van der Waals surface area (Å²) in [5.74, 6) is 2.00.